The summed E-state index contributed by atoms with van der Waals surface area (Å²) >= 11 is 0. The number of rotatable bonds is 3. The molecule has 4 rings (SSSR count). The Balaban J connectivity index is 1.87. The molecular weight excluding hydrogens is 373 g/mol. The molecule has 4 heterocycles. The van der Waals surface area contributed by atoms with Gasteiger partial charge in [-0.3, -0.25) is 14.3 Å². The first-order chi connectivity index (χ1) is 13.4. The van der Waals surface area contributed by atoms with E-state index in [2.05, 4.69) is 25.3 Å². The monoisotopic (exact) mass is 390 g/mol. The molecule has 0 spiro atoms. The predicted molar refractivity (Wildman–Crippen MR) is 94.8 cm³/mol. The number of halogens is 3. The average molecular weight is 390 g/mol. The fourth-order valence-electron chi connectivity index (χ4n) is 3.58. The number of pyridine rings is 1. The summed E-state index contributed by atoms with van der Waals surface area (Å²) in [5.41, 5.74) is -0.313. The molecule has 28 heavy (non-hydrogen) atoms. The van der Waals surface area contributed by atoms with Gasteiger partial charge in [0.05, 0.1) is 29.5 Å². The van der Waals surface area contributed by atoms with E-state index < -0.39 is 11.9 Å². The Labute approximate surface area is 157 Å². The van der Waals surface area contributed by atoms with Crippen molar-refractivity contribution >= 4 is 11.0 Å². The molecule has 10 heteroatoms. The fourth-order valence-corrected chi connectivity index (χ4v) is 3.58. The highest BCUT2D eigenvalue weighted by molar-refractivity contribution is 5.74. The lowest BCUT2D eigenvalue weighted by molar-refractivity contribution is -0.142. The highest BCUT2D eigenvalue weighted by atomic mass is 19.4. The molecule has 0 amide bonds. The van der Waals surface area contributed by atoms with Crippen LogP contribution in [0.5, 0.6) is 0 Å². The van der Waals surface area contributed by atoms with Crippen molar-refractivity contribution in [3.8, 4) is 0 Å². The number of fused-ring (bicyclic) bond motifs is 1. The van der Waals surface area contributed by atoms with Crippen LogP contribution in [0.4, 0.5) is 13.2 Å². The third-order valence-corrected chi connectivity index (χ3v) is 4.93. The topological polar surface area (TPSA) is 85.6 Å². The second-order valence-corrected chi connectivity index (χ2v) is 6.66. The molecule has 146 valence electrons. The SMILES string of the molecule is O=c1c(C2CCNCC2)cc2ncncc2n1Cc1nccnc1C(F)(F)F. The van der Waals surface area contributed by atoms with Crippen LogP contribution in [0.15, 0.2) is 35.8 Å². The van der Waals surface area contributed by atoms with Crippen LogP contribution in [0, 0.1) is 0 Å². The molecule has 7 nitrogen and oxygen atoms in total. The Kier molecular flexibility index (Phi) is 4.80. The van der Waals surface area contributed by atoms with Gasteiger partial charge >= 0.3 is 6.18 Å². The number of hydrogen-bond acceptors (Lipinski definition) is 6. The predicted octanol–water partition coefficient (Wildman–Crippen LogP) is 2.12. The van der Waals surface area contributed by atoms with Crippen molar-refractivity contribution in [2.45, 2.75) is 31.5 Å². The van der Waals surface area contributed by atoms with Crippen molar-refractivity contribution in [3.63, 3.8) is 0 Å². The molecule has 1 aliphatic rings. The van der Waals surface area contributed by atoms with E-state index in [0.29, 0.717) is 16.6 Å². The number of aromatic nitrogens is 5. The quantitative estimate of drug-likeness (QED) is 0.737. The van der Waals surface area contributed by atoms with Gasteiger partial charge in [0.1, 0.15) is 6.33 Å². The molecule has 1 saturated heterocycles. The summed E-state index contributed by atoms with van der Waals surface area (Å²) in [6.45, 7) is 1.22. The highest BCUT2D eigenvalue weighted by Crippen LogP contribution is 2.30. The fraction of sp³-hybridized carbons (Fsp3) is 0.389. The first kappa shape index (κ1) is 18.5. The summed E-state index contributed by atoms with van der Waals surface area (Å²) in [5, 5.41) is 3.24. The Morgan fingerprint density at radius 3 is 2.64 bits per heavy atom. The van der Waals surface area contributed by atoms with Gasteiger partial charge in [-0.1, -0.05) is 0 Å². The second kappa shape index (κ2) is 7.27. The smallest absolute Gasteiger partial charge is 0.317 e. The van der Waals surface area contributed by atoms with Gasteiger partial charge in [-0.05, 0) is 37.9 Å². The Morgan fingerprint density at radius 2 is 1.89 bits per heavy atom. The Morgan fingerprint density at radius 1 is 1.14 bits per heavy atom. The lowest BCUT2D eigenvalue weighted by atomic mass is 9.91. The van der Waals surface area contributed by atoms with Crippen LogP contribution >= 0.6 is 0 Å². The third-order valence-electron chi connectivity index (χ3n) is 4.93. The van der Waals surface area contributed by atoms with Crippen molar-refractivity contribution in [2.24, 2.45) is 0 Å². The van der Waals surface area contributed by atoms with E-state index in [0.717, 1.165) is 32.1 Å². The second-order valence-electron chi connectivity index (χ2n) is 6.66. The van der Waals surface area contributed by atoms with Crippen LogP contribution in [0.25, 0.3) is 11.0 Å². The number of piperidine rings is 1. The van der Waals surface area contributed by atoms with Crippen molar-refractivity contribution in [2.75, 3.05) is 13.1 Å². The molecule has 0 radical (unpaired) electrons. The van der Waals surface area contributed by atoms with Gasteiger partial charge in [0.25, 0.3) is 5.56 Å². The minimum atomic E-state index is -4.66. The summed E-state index contributed by atoms with van der Waals surface area (Å²) in [6.07, 6.45) is 1.86. The largest absolute Gasteiger partial charge is 0.435 e. The van der Waals surface area contributed by atoms with Crippen molar-refractivity contribution in [3.05, 3.63) is 58.3 Å². The molecular formula is C18H17F3N6O. The Bertz CT molecular complexity index is 1060. The van der Waals surface area contributed by atoms with Crippen LogP contribution in [0.2, 0.25) is 0 Å². The van der Waals surface area contributed by atoms with Crippen LogP contribution < -0.4 is 10.9 Å². The van der Waals surface area contributed by atoms with Gasteiger partial charge in [0.2, 0.25) is 0 Å². The Hall–Kier alpha value is -2.88. The zero-order chi connectivity index (χ0) is 19.7. The maximum Gasteiger partial charge on any atom is 0.435 e. The molecule has 3 aromatic rings. The first-order valence-electron chi connectivity index (χ1n) is 8.86. The van der Waals surface area contributed by atoms with E-state index in [1.807, 2.05) is 0 Å². The lowest BCUT2D eigenvalue weighted by Crippen LogP contribution is -2.33. The zero-order valence-corrected chi connectivity index (χ0v) is 14.8. The van der Waals surface area contributed by atoms with E-state index in [-0.39, 0.29) is 23.7 Å². The maximum atomic E-state index is 13.3. The highest BCUT2D eigenvalue weighted by Gasteiger charge is 2.36. The summed E-state index contributed by atoms with van der Waals surface area (Å²) < 4.78 is 41.2. The number of nitrogens with zero attached hydrogens (tertiary/aromatic N) is 5. The summed E-state index contributed by atoms with van der Waals surface area (Å²) in [7, 11) is 0. The van der Waals surface area contributed by atoms with E-state index >= 15 is 0 Å². The molecule has 0 aromatic carbocycles. The molecule has 0 saturated carbocycles. The third kappa shape index (κ3) is 3.47. The normalized spacial score (nSPS) is 15.8. The molecule has 3 aromatic heterocycles. The van der Waals surface area contributed by atoms with Gasteiger partial charge in [-0.15, -0.1) is 0 Å². The van der Waals surface area contributed by atoms with Crippen molar-refractivity contribution in [1.29, 1.82) is 0 Å². The molecule has 0 atom stereocenters. The summed E-state index contributed by atoms with van der Waals surface area (Å²) in [6, 6.07) is 1.73. The molecule has 1 fully saturated rings. The summed E-state index contributed by atoms with van der Waals surface area (Å²) in [4.78, 5) is 28.6. The van der Waals surface area contributed by atoms with Crippen molar-refractivity contribution < 1.29 is 13.2 Å². The van der Waals surface area contributed by atoms with Crippen molar-refractivity contribution in [1.82, 2.24) is 29.8 Å². The van der Waals surface area contributed by atoms with Gasteiger partial charge in [-0.2, -0.15) is 13.2 Å². The van der Waals surface area contributed by atoms with Crippen LogP contribution in [0.1, 0.15) is 35.7 Å². The van der Waals surface area contributed by atoms with E-state index in [9.17, 15) is 18.0 Å². The minimum Gasteiger partial charge on any atom is -0.317 e. The van der Waals surface area contributed by atoms with E-state index in [4.69, 9.17) is 0 Å². The van der Waals surface area contributed by atoms with E-state index in [1.165, 1.54) is 23.3 Å². The van der Waals surface area contributed by atoms with Crippen LogP contribution in [-0.2, 0) is 12.7 Å². The summed E-state index contributed by atoms with van der Waals surface area (Å²) in [5.74, 6) is 0.0308. The minimum absolute atomic E-state index is 0.0308. The van der Waals surface area contributed by atoms with Crippen LogP contribution in [0.3, 0.4) is 0 Å². The molecule has 0 aliphatic carbocycles. The number of alkyl halides is 3. The van der Waals surface area contributed by atoms with Gasteiger partial charge in [-0.25, -0.2) is 15.0 Å². The van der Waals surface area contributed by atoms with Gasteiger partial charge < -0.3 is 5.32 Å². The average Bonchev–Trinajstić information content (AvgIpc) is 2.70. The zero-order valence-electron chi connectivity index (χ0n) is 14.8. The molecule has 0 unspecified atom stereocenters. The molecule has 0 bridgehead atoms. The van der Waals surface area contributed by atoms with Crippen LogP contribution in [-0.4, -0.2) is 37.6 Å². The lowest BCUT2D eigenvalue weighted by Gasteiger charge is -2.23. The van der Waals surface area contributed by atoms with Gasteiger partial charge in [0, 0.05) is 18.0 Å². The molecule has 1 N–H and O–H groups in total. The maximum absolute atomic E-state index is 13.3. The van der Waals surface area contributed by atoms with Gasteiger partial charge in [0.15, 0.2) is 5.69 Å². The molecule has 1 aliphatic heterocycles. The van der Waals surface area contributed by atoms with E-state index in [1.54, 1.807) is 6.07 Å². The number of hydrogen-bond donors (Lipinski definition) is 1. The number of nitrogens with one attached hydrogen (secondary N) is 1. The first-order valence-corrected chi connectivity index (χ1v) is 8.86. The standard InChI is InChI=1S/C18H17F3N6O/c19-18(20,21)16-14(24-5-6-25-16)9-27-15-8-23-10-26-13(15)7-12(17(27)28)11-1-3-22-4-2-11/h5-8,10-11,22H,1-4,9H2.